The lowest BCUT2D eigenvalue weighted by Gasteiger charge is -2.49. The molecule has 0 aliphatic carbocycles. The highest BCUT2D eigenvalue weighted by Gasteiger charge is 2.55. The Morgan fingerprint density at radius 3 is 2.08 bits per heavy atom. The van der Waals surface area contributed by atoms with E-state index in [0.717, 1.165) is 23.1 Å². The number of carbonyl (C=O) groups is 3. The van der Waals surface area contributed by atoms with E-state index in [-0.39, 0.29) is 75.6 Å². The number of phosphoric ester groups is 1. The van der Waals surface area contributed by atoms with Crippen LogP contribution in [0.25, 0.3) is 10.4 Å². The summed E-state index contributed by atoms with van der Waals surface area (Å²) in [5.41, 5.74) is 12.2. The third-order valence-corrected chi connectivity index (χ3v) is 20.7. The predicted molar refractivity (Wildman–Crippen MR) is 284 cm³/mol. The number of carbonyl (C=O) groups excluding carboxylic acids is 3. The van der Waals surface area contributed by atoms with Gasteiger partial charge >= 0.3 is 19.8 Å². The fourth-order valence-electron chi connectivity index (χ4n) is 8.60. The van der Waals surface area contributed by atoms with Crippen LogP contribution in [0.1, 0.15) is 131 Å². The molecular weight excluding hydrogens is 1020 g/mol. The summed E-state index contributed by atoms with van der Waals surface area (Å²) < 4.78 is 85.3. The number of benzene rings is 2. The second-order valence-electron chi connectivity index (χ2n) is 21.8. The third kappa shape index (κ3) is 18.1. The van der Waals surface area contributed by atoms with E-state index in [1.807, 2.05) is 95.4 Å². The van der Waals surface area contributed by atoms with Crippen LogP contribution < -0.4 is 5.32 Å². The highest BCUT2D eigenvalue weighted by Crippen LogP contribution is 2.55. The van der Waals surface area contributed by atoms with E-state index < -0.39 is 107 Å². The summed E-state index contributed by atoms with van der Waals surface area (Å²) in [7, 11) is -7.19. The second kappa shape index (κ2) is 29.4. The number of phosphoric acid groups is 1. The van der Waals surface area contributed by atoms with Gasteiger partial charge in [0.15, 0.2) is 27.2 Å². The van der Waals surface area contributed by atoms with Crippen molar-refractivity contribution in [2.45, 2.75) is 220 Å². The largest absolute Gasteiger partial charge is 0.475 e. The van der Waals surface area contributed by atoms with Crippen molar-refractivity contribution in [3.05, 3.63) is 81.7 Å². The molecule has 2 fully saturated rings. The first kappa shape index (κ1) is 63.0. The maximum Gasteiger partial charge on any atom is 0.475 e. The molecule has 0 spiro atoms. The van der Waals surface area contributed by atoms with Gasteiger partial charge in [-0.1, -0.05) is 142 Å². The number of ether oxygens (including phenoxy) is 7. The monoisotopic (exact) mass is 1100 g/mol. The summed E-state index contributed by atoms with van der Waals surface area (Å²) in [4.78, 5) is 43.7. The summed E-state index contributed by atoms with van der Waals surface area (Å²) in [6.45, 7) is 22.7. The van der Waals surface area contributed by atoms with E-state index in [0.29, 0.717) is 12.8 Å². The number of fused-ring (bicyclic) bond motifs is 1. The van der Waals surface area contributed by atoms with E-state index in [9.17, 15) is 29.6 Å². The van der Waals surface area contributed by atoms with E-state index in [2.05, 4.69) is 36.1 Å². The van der Waals surface area contributed by atoms with E-state index in [4.69, 9.17) is 51.2 Å². The fraction of sp³-hybridized carbons (Fsp3) is 0.722. The van der Waals surface area contributed by atoms with Gasteiger partial charge in [-0.05, 0) is 58.6 Å². The lowest BCUT2D eigenvalue weighted by atomic mass is 9.89. The van der Waals surface area contributed by atoms with Crippen LogP contribution in [0.2, 0.25) is 18.1 Å². The Morgan fingerprint density at radius 1 is 0.855 bits per heavy atom. The average Bonchev–Trinajstić information content (AvgIpc) is 3.55. The van der Waals surface area contributed by atoms with Gasteiger partial charge in [0.1, 0.15) is 42.6 Å². The van der Waals surface area contributed by atoms with Crippen LogP contribution in [-0.2, 0) is 89.9 Å². The van der Waals surface area contributed by atoms with Crippen LogP contribution in [0.5, 0.6) is 0 Å². The molecule has 14 atom stereocenters. The molecule has 22 heteroatoms. The zero-order valence-electron chi connectivity index (χ0n) is 46.6. The molecule has 3 aliphatic heterocycles. The topological polar surface area (TPSA) is 251 Å². The summed E-state index contributed by atoms with van der Waals surface area (Å²) >= 11 is 0. The van der Waals surface area contributed by atoms with Crippen molar-refractivity contribution in [3.63, 3.8) is 0 Å². The summed E-state index contributed by atoms with van der Waals surface area (Å²) in [5.74, 6) is -2.23. The van der Waals surface area contributed by atoms with Gasteiger partial charge in [0, 0.05) is 30.1 Å². The van der Waals surface area contributed by atoms with E-state index >= 15 is 0 Å². The van der Waals surface area contributed by atoms with Gasteiger partial charge in [-0.15, -0.1) is 0 Å². The maximum atomic E-state index is 14.9. The van der Waals surface area contributed by atoms with Crippen molar-refractivity contribution < 1.29 is 75.2 Å². The molecule has 76 heavy (non-hydrogen) atoms. The highest BCUT2D eigenvalue weighted by atomic mass is 31.2. The molecule has 1 amide bonds. The summed E-state index contributed by atoms with van der Waals surface area (Å²) in [6, 6.07) is 14.3. The molecule has 0 bridgehead atoms. The molecule has 2 aromatic rings. The van der Waals surface area contributed by atoms with E-state index in [1.165, 1.54) is 0 Å². The average molecular weight is 1110 g/mol. The van der Waals surface area contributed by atoms with Gasteiger partial charge in [0.2, 0.25) is 5.91 Å². The Labute approximate surface area is 450 Å². The minimum absolute atomic E-state index is 0.0175. The van der Waals surface area contributed by atoms with Crippen molar-refractivity contribution in [1.29, 1.82) is 0 Å². The molecule has 426 valence electrons. The van der Waals surface area contributed by atoms with Gasteiger partial charge in [0.05, 0.1) is 45.6 Å². The molecule has 2 saturated heterocycles. The minimum Gasteiger partial charge on any atom is -0.462 e. The zero-order valence-corrected chi connectivity index (χ0v) is 48.5. The Morgan fingerprint density at radius 2 is 1.49 bits per heavy atom. The number of aliphatic hydroxyl groups excluding tert-OH is 1. The van der Waals surface area contributed by atoms with Gasteiger partial charge in [0.25, 0.3) is 0 Å². The molecule has 0 saturated carbocycles. The smallest absolute Gasteiger partial charge is 0.462 e. The number of hydrogen-bond donors (Lipinski definition) is 2. The van der Waals surface area contributed by atoms with E-state index in [1.54, 1.807) is 20.8 Å². The van der Waals surface area contributed by atoms with Crippen molar-refractivity contribution >= 4 is 34.0 Å². The quantitative estimate of drug-likeness (QED) is 0.0160. The number of hydrogen-bond acceptors (Lipinski definition) is 17. The van der Waals surface area contributed by atoms with Crippen molar-refractivity contribution in [3.8, 4) is 0 Å². The molecule has 2 aromatic carbocycles. The predicted octanol–water partition coefficient (Wildman–Crippen LogP) is 10.3. The van der Waals surface area contributed by atoms with Gasteiger partial charge < -0.3 is 48.0 Å². The van der Waals surface area contributed by atoms with Gasteiger partial charge in [-0.3, -0.25) is 28.0 Å². The summed E-state index contributed by atoms with van der Waals surface area (Å²) in [6.07, 6.45) is -9.00. The Bertz CT molecular complexity index is 2220. The molecular formula is C54H85N4O16PSi. The number of rotatable bonds is 27. The molecule has 0 aromatic heterocycles. The number of azide groups is 1. The Balaban J connectivity index is 1.61. The van der Waals surface area contributed by atoms with Crippen LogP contribution in [0.4, 0.5) is 0 Å². The van der Waals surface area contributed by atoms with Crippen LogP contribution in [0, 0.1) is 17.8 Å². The Kier molecular flexibility index (Phi) is 24.4. The normalized spacial score (nSPS) is 27.3. The van der Waals surface area contributed by atoms with Gasteiger partial charge in [-0.2, -0.15) is 0 Å². The Hall–Kier alpha value is -3.79. The summed E-state index contributed by atoms with van der Waals surface area (Å²) in [5, 5.41) is 18.6. The molecule has 5 rings (SSSR count). The molecule has 20 nitrogen and oxygen atoms in total. The van der Waals surface area contributed by atoms with Crippen molar-refractivity contribution in [2.24, 2.45) is 22.9 Å². The number of amides is 1. The zero-order chi connectivity index (χ0) is 55.8. The van der Waals surface area contributed by atoms with Crippen LogP contribution in [0.15, 0.2) is 59.7 Å². The molecule has 3 aliphatic rings. The molecule has 3 heterocycles. The lowest BCUT2D eigenvalue weighted by Crippen LogP contribution is -2.67. The van der Waals surface area contributed by atoms with Gasteiger partial charge in [-0.25, -0.2) is 4.57 Å². The second-order valence-corrected chi connectivity index (χ2v) is 28.2. The third-order valence-electron chi connectivity index (χ3n) is 14.9. The first-order valence-electron chi connectivity index (χ1n) is 27.0. The maximum absolute atomic E-state index is 14.9. The standard InChI is InChI=1S/C54H85N4O16PSi/c1-13-34(5)26-45(61)71-49-36(7)41(69-53(48(49)57-58-55)74-76(11,12)54(8,9)10)33-65-52-47(56-43(59)28-40(15-3)68-44(60)16-4)51(72-46(62)27-35(6)14-2)50(42(70-52)32-64-29-37-22-18-17-19-23-37)73-75(63)66-30-38-24-20-21-25-39(38)31-67-75/h17-25,34-36,40-42,46-53,62H,13-16,26-33H2,1-12H3,(H,56,59)/t34-,35-,36-,40-,41?,42?,46?,47?,48?,49+,50-,51-,52-,53?/m1/s1. The lowest BCUT2D eigenvalue weighted by molar-refractivity contribution is -0.307. The van der Waals surface area contributed by atoms with Crippen molar-refractivity contribution in [1.82, 2.24) is 5.32 Å². The number of nitrogens with zero attached hydrogens (tertiary/aromatic N) is 3. The van der Waals surface area contributed by atoms with Crippen LogP contribution in [-0.4, -0.2) is 112 Å². The number of esters is 2. The van der Waals surface area contributed by atoms with Crippen LogP contribution in [0.3, 0.4) is 0 Å². The number of nitrogens with one attached hydrogen (secondary N) is 1. The fourth-order valence-corrected chi connectivity index (χ4v) is 11.1. The number of aliphatic hydroxyl groups is 1. The van der Waals surface area contributed by atoms with Crippen molar-refractivity contribution in [2.75, 3.05) is 13.2 Å². The molecule has 6 unspecified atom stereocenters. The molecule has 0 radical (unpaired) electrons. The minimum atomic E-state index is -4.52. The highest BCUT2D eigenvalue weighted by molar-refractivity contribution is 7.48. The SMILES string of the molecule is CCC(=O)O[C@H](CC)CC(=O)NC1[C@H](OCC2OC(O[Si](C)(C)C(C)(C)C)C(N=[N+]=[N-])[C@@H](OC(=O)C[C@H](C)CC)[C@@H]2C)OC(COCc2ccccc2)[C@@H](OP2(=O)OCc3ccccc3CO2)[C@@H]1OC(O)C[C@H](C)CC. The van der Waals surface area contributed by atoms with Crippen LogP contribution >= 0.6 is 7.82 Å². The first-order valence-corrected chi connectivity index (χ1v) is 31.3. The first-order chi connectivity index (χ1) is 36.0. The molecule has 2 N–H and O–H groups in total.